The van der Waals surface area contributed by atoms with Gasteiger partial charge in [0.25, 0.3) is 0 Å². The van der Waals surface area contributed by atoms with Crippen LogP contribution in [0.15, 0.2) is 30.3 Å². The smallest absolute Gasteiger partial charge is 0.0475 e. The number of nitrogens with zero attached hydrogens (tertiary/aromatic N) is 1. The largest absolute Gasteiger partial charge is 0.309 e. The number of rotatable bonds is 6. The van der Waals surface area contributed by atoms with Gasteiger partial charge >= 0.3 is 0 Å². The van der Waals surface area contributed by atoms with Crippen LogP contribution in [0, 0.1) is 5.92 Å². The molecule has 2 nitrogen and oxygen atoms in total. The van der Waals surface area contributed by atoms with E-state index in [4.69, 9.17) is 0 Å². The minimum absolute atomic E-state index is 0.430. The maximum Gasteiger partial charge on any atom is 0.0475 e. The number of benzene rings is 1. The zero-order valence-corrected chi connectivity index (χ0v) is 14.2. The number of likely N-dealkylation sites (tertiary alicyclic amines) is 1. The van der Waals surface area contributed by atoms with Gasteiger partial charge in [0.15, 0.2) is 0 Å². The first kappa shape index (κ1) is 16.5. The molecule has 21 heavy (non-hydrogen) atoms. The molecule has 0 aromatic heterocycles. The van der Waals surface area contributed by atoms with Crippen molar-refractivity contribution in [2.45, 2.75) is 65.1 Å². The molecule has 1 aromatic carbocycles. The van der Waals surface area contributed by atoms with Crippen LogP contribution >= 0.6 is 0 Å². The van der Waals surface area contributed by atoms with Crippen LogP contribution in [0.1, 0.15) is 58.6 Å². The second-order valence-electron chi connectivity index (χ2n) is 6.68. The van der Waals surface area contributed by atoms with Crippen LogP contribution < -0.4 is 5.32 Å². The highest BCUT2D eigenvalue weighted by Crippen LogP contribution is 2.29. The van der Waals surface area contributed by atoms with Crippen LogP contribution in [0.25, 0.3) is 0 Å². The summed E-state index contributed by atoms with van der Waals surface area (Å²) in [7, 11) is 0. The molecule has 0 bridgehead atoms. The highest BCUT2D eigenvalue weighted by atomic mass is 15.2. The lowest BCUT2D eigenvalue weighted by Crippen LogP contribution is -2.51. The van der Waals surface area contributed by atoms with Crippen LogP contribution in [0.3, 0.4) is 0 Å². The fourth-order valence-corrected chi connectivity index (χ4v) is 3.66. The van der Waals surface area contributed by atoms with Gasteiger partial charge in [-0.05, 0) is 57.7 Å². The van der Waals surface area contributed by atoms with Crippen LogP contribution in [0.5, 0.6) is 0 Å². The molecular formula is C19H32N2. The first-order valence-corrected chi connectivity index (χ1v) is 8.69. The number of hydrogen-bond acceptors (Lipinski definition) is 2. The van der Waals surface area contributed by atoms with Gasteiger partial charge in [-0.15, -0.1) is 0 Å². The highest BCUT2D eigenvalue weighted by Gasteiger charge is 2.32. The Morgan fingerprint density at radius 1 is 1.24 bits per heavy atom. The van der Waals surface area contributed by atoms with Gasteiger partial charge in [-0.2, -0.15) is 0 Å². The Labute approximate surface area is 130 Å². The normalized spacial score (nSPS) is 26.5. The Bertz CT molecular complexity index is 403. The van der Waals surface area contributed by atoms with Crippen molar-refractivity contribution >= 4 is 0 Å². The SMILES string of the molecule is CCCNC(c1ccccc1)C(C)N1CCCC(C)C1C. The van der Waals surface area contributed by atoms with E-state index < -0.39 is 0 Å². The molecule has 0 amide bonds. The lowest BCUT2D eigenvalue weighted by Gasteiger charge is -2.44. The van der Waals surface area contributed by atoms with E-state index in [-0.39, 0.29) is 0 Å². The zero-order valence-electron chi connectivity index (χ0n) is 14.2. The lowest BCUT2D eigenvalue weighted by molar-refractivity contribution is 0.0574. The summed E-state index contributed by atoms with van der Waals surface area (Å²) >= 11 is 0. The average molecular weight is 288 g/mol. The quantitative estimate of drug-likeness (QED) is 0.842. The van der Waals surface area contributed by atoms with E-state index in [1.807, 2.05) is 0 Å². The van der Waals surface area contributed by atoms with E-state index in [2.05, 4.69) is 68.2 Å². The zero-order chi connectivity index (χ0) is 15.2. The molecule has 1 saturated heterocycles. The van der Waals surface area contributed by atoms with Crippen LogP contribution in [0.2, 0.25) is 0 Å². The predicted molar refractivity (Wildman–Crippen MR) is 91.5 cm³/mol. The topological polar surface area (TPSA) is 15.3 Å². The monoisotopic (exact) mass is 288 g/mol. The van der Waals surface area contributed by atoms with Crippen LogP contribution in [-0.4, -0.2) is 30.1 Å². The third-order valence-electron chi connectivity index (χ3n) is 5.20. The lowest BCUT2D eigenvalue weighted by atomic mass is 9.88. The van der Waals surface area contributed by atoms with Gasteiger partial charge in [0.1, 0.15) is 0 Å². The van der Waals surface area contributed by atoms with Gasteiger partial charge < -0.3 is 5.32 Å². The molecule has 0 aliphatic carbocycles. The molecule has 0 saturated carbocycles. The Morgan fingerprint density at radius 3 is 2.62 bits per heavy atom. The number of nitrogens with one attached hydrogen (secondary N) is 1. The molecule has 2 rings (SSSR count). The summed E-state index contributed by atoms with van der Waals surface area (Å²) in [6.07, 6.45) is 3.90. The second kappa shape index (κ2) is 7.95. The fourth-order valence-electron chi connectivity index (χ4n) is 3.66. The minimum atomic E-state index is 0.430. The molecule has 1 fully saturated rings. The molecule has 1 heterocycles. The van der Waals surface area contributed by atoms with Gasteiger partial charge in [0.2, 0.25) is 0 Å². The Hall–Kier alpha value is -0.860. The molecule has 1 aliphatic rings. The molecular weight excluding hydrogens is 256 g/mol. The first-order valence-electron chi connectivity index (χ1n) is 8.69. The Balaban J connectivity index is 2.15. The van der Waals surface area contributed by atoms with E-state index in [9.17, 15) is 0 Å². The van der Waals surface area contributed by atoms with Crippen molar-refractivity contribution in [2.75, 3.05) is 13.1 Å². The van der Waals surface area contributed by atoms with Crippen molar-refractivity contribution in [3.8, 4) is 0 Å². The van der Waals surface area contributed by atoms with Gasteiger partial charge in [-0.1, -0.05) is 44.2 Å². The summed E-state index contributed by atoms with van der Waals surface area (Å²) in [5, 5.41) is 3.78. The first-order chi connectivity index (χ1) is 10.1. The standard InChI is InChI=1S/C19H32N2/c1-5-13-20-19(18-11-7-6-8-12-18)17(4)21-14-9-10-15(2)16(21)3/h6-8,11-12,15-17,19-20H,5,9-10,13-14H2,1-4H3. The summed E-state index contributed by atoms with van der Waals surface area (Å²) < 4.78 is 0. The van der Waals surface area contributed by atoms with Gasteiger partial charge in [-0.25, -0.2) is 0 Å². The summed E-state index contributed by atoms with van der Waals surface area (Å²) in [5.74, 6) is 0.809. The summed E-state index contributed by atoms with van der Waals surface area (Å²) in [6, 6.07) is 12.6. The summed E-state index contributed by atoms with van der Waals surface area (Å²) in [4.78, 5) is 2.72. The van der Waals surface area contributed by atoms with Crippen molar-refractivity contribution in [1.82, 2.24) is 10.2 Å². The number of hydrogen-bond donors (Lipinski definition) is 1. The Morgan fingerprint density at radius 2 is 1.95 bits per heavy atom. The molecule has 4 unspecified atom stereocenters. The third-order valence-corrected chi connectivity index (χ3v) is 5.20. The van der Waals surface area contributed by atoms with Crippen LogP contribution in [0.4, 0.5) is 0 Å². The van der Waals surface area contributed by atoms with Gasteiger partial charge in [-0.3, -0.25) is 4.90 Å². The molecule has 1 aromatic rings. The maximum absolute atomic E-state index is 3.78. The van der Waals surface area contributed by atoms with E-state index >= 15 is 0 Å². The summed E-state index contributed by atoms with van der Waals surface area (Å²) in [6.45, 7) is 11.8. The highest BCUT2D eigenvalue weighted by molar-refractivity contribution is 5.20. The van der Waals surface area contributed by atoms with E-state index in [0.717, 1.165) is 12.5 Å². The van der Waals surface area contributed by atoms with Gasteiger partial charge in [0, 0.05) is 18.1 Å². The molecule has 2 heteroatoms. The molecule has 1 N–H and O–H groups in total. The van der Waals surface area contributed by atoms with Crippen molar-refractivity contribution in [3.63, 3.8) is 0 Å². The average Bonchev–Trinajstić information content (AvgIpc) is 2.51. The Kier molecular flexibility index (Phi) is 6.25. The number of piperidine rings is 1. The molecule has 4 atom stereocenters. The van der Waals surface area contributed by atoms with Crippen molar-refractivity contribution in [1.29, 1.82) is 0 Å². The molecule has 0 radical (unpaired) electrons. The van der Waals surface area contributed by atoms with E-state index in [1.165, 1.54) is 31.4 Å². The third kappa shape index (κ3) is 4.08. The fraction of sp³-hybridized carbons (Fsp3) is 0.684. The van der Waals surface area contributed by atoms with E-state index in [1.54, 1.807) is 0 Å². The predicted octanol–water partition coefficient (Wildman–Crippen LogP) is 4.24. The van der Waals surface area contributed by atoms with Crippen molar-refractivity contribution < 1.29 is 0 Å². The minimum Gasteiger partial charge on any atom is -0.309 e. The molecule has 0 spiro atoms. The van der Waals surface area contributed by atoms with E-state index in [0.29, 0.717) is 18.1 Å². The van der Waals surface area contributed by atoms with Crippen molar-refractivity contribution in [3.05, 3.63) is 35.9 Å². The molecule has 118 valence electrons. The second-order valence-corrected chi connectivity index (χ2v) is 6.68. The van der Waals surface area contributed by atoms with Gasteiger partial charge in [0.05, 0.1) is 0 Å². The summed E-state index contributed by atoms with van der Waals surface area (Å²) in [5.41, 5.74) is 1.42. The molecule has 1 aliphatic heterocycles. The maximum atomic E-state index is 3.78. The van der Waals surface area contributed by atoms with Crippen molar-refractivity contribution in [2.24, 2.45) is 5.92 Å². The van der Waals surface area contributed by atoms with Crippen LogP contribution in [-0.2, 0) is 0 Å².